The summed E-state index contributed by atoms with van der Waals surface area (Å²) in [5.74, 6) is -0.463. The molecule has 3 aromatic rings. The zero-order valence-electron chi connectivity index (χ0n) is 11.4. The van der Waals surface area contributed by atoms with Gasteiger partial charge in [0.25, 0.3) is 5.56 Å². The summed E-state index contributed by atoms with van der Waals surface area (Å²) in [6.07, 6.45) is 0. The molecule has 0 aliphatic carbocycles. The number of nitrogens with one attached hydrogen (secondary N) is 1. The van der Waals surface area contributed by atoms with Crippen molar-refractivity contribution in [3.8, 4) is 5.69 Å². The summed E-state index contributed by atoms with van der Waals surface area (Å²) in [7, 11) is 0. The largest absolute Gasteiger partial charge is 0.274 e. The standard InChI is InChI=1S/C14H12ClFN4O/c1-7(2)8-4-3-5-9(16)13(8)20-11(21)6-10-12(19-20)14(15)18-17-10/h3-7,17H,1-2H3. The van der Waals surface area contributed by atoms with Crippen LogP contribution < -0.4 is 5.56 Å². The van der Waals surface area contributed by atoms with Crippen molar-refractivity contribution in [2.24, 2.45) is 0 Å². The van der Waals surface area contributed by atoms with Gasteiger partial charge in [-0.15, -0.1) is 0 Å². The lowest BCUT2D eigenvalue weighted by molar-refractivity contribution is 0.600. The van der Waals surface area contributed by atoms with Crippen molar-refractivity contribution in [2.45, 2.75) is 19.8 Å². The molecule has 21 heavy (non-hydrogen) atoms. The zero-order valence-corrected chi connectivity index (χ0v) is 12.1. The van der Waals surface area contributed by atoms with E-state index in [0.29, 0.717) is 16.6 Å². The van der Waals surface area contributed by atoms with Gasteiger partial charge < -0.3 is 0 Å². The highest BCUT2D eigenvalue weighted by atomic mass is 35.5. The van der Waals surface area contributed by atoms with E-state index in [-0.39, 0.29) is 16.8 Å². The van der Waals surface area contributed by atoms with Gasteiger partial charge in [-0.3, -0.25) is 9.89 Å². The minimum Gasteiger partial charge on any atom is -0.274 e. The summed E-state index contributed by atoms with van der Waals surface area (Å²) in [4.78, 5) is 12.2. The second-order valence-electron chi connectivity index (χ2n) is 5.00. The van der Waals surface area contributed by atoms with E-state index in [1.807, 2.05) is 13.8 Å². The fourth-order valence-corrected chi connectivity index (χ4v) is 2.42. The van der Waals surface area contributed by atoms with Gasteiger partial charge in [0, 0.05) is 6.07 Å². The fraction of sp³-hybridized carbons (Fsp3) is 0.214. The van der Waals surface area contributed by atoms with E-state index in [0.717, 1.165) is 4.68 Å². The van der Waals surface area contributed by atoms with Gasteiger partial charge >= 0.3 is 0 Å². The number of aromatic amines is 1. The van der Waals surface area contributed by atoms with Crippen molar-refractivity contribution in [1.29, 1.82) is 0 Å². The average molecular weight is 307 g/mol. The number of hydrogen-bond acceptors (Lipinski definition) is 3. The maximum absolute atomic E-state index is 14.2. The van der Waals surface area contributed by atoms with Crippen molar-refractivity contribution in [3.05, 3.63) is 51.2 Å². The van der Waals surface area contributed by atoms with Crippen LogP contribution in [0.3, 0.4) is 0 Å². The molecule has 0 unspecified atom stereocenters. The van der Waals surface area contributed by atoms with Crippen LogP contribution in [0, 0.1) is 5.82 Å². The Morgan fingerprint density at radius 3 is 2.86 bits per heavy atom. The fourth-order valence-electron chi connectivity index (χ4n) is 2.24. The van der Waals surface area contributed by atoms with Gasteiger partial charge in [0.05, 0.1) is 5.52 Å². The van der Waals surface area contributed by atoms with Crippen LogP contribution in [0.15, 0.2) is 29.1 Å². The summed E-state index contributed by atoms with van der Waals surface area (Å²) in [5, 5.41) is 10.7. The van der Waals surface area contributed by atoms with Crippen LogP contribution in [-0.2, 0) is 0 Å². The Morgan fingerprint density at radius 1 is 1.38 bits per heavy atom. The van der Waals surface area contributed by atoms with Gasteiger partial charge in [-0.2, -0.15) is 14.9 Å². The van der Waals surface area contributed by atoms with E-state index < -0.39 is 11.4 Å². The molecule has 2 heterocycles. The molecule has 2 aromatic heterocycles. The Balaban J connectivity index is 2.37. The molecule has 0 saturated carbocycles. The summed E-state index contributed by atoms with van der Waals surface area (Å²) in [6.45, 7) is 3.85. The molecule has 1 aromatic carbocycles. The molecular formula is C14H12ClFN4O. The molecule has 5 nitrogen and oxygen atoms in total. The van der Waals surface area contributed by atoms with Crippen LogP contribution in [0.5, 0.6) is 0 Å². The predicted molar refractivity (Wildman–Crippen MR) is 78.5 cm³/mol. The monoisotopic (exact) mass is 306 g/mol. The van der Waals surface area contributed by atoms with Gasteiger partial charge in [-0.05, 0) is 17.5 Å². The van der Waals surface area contributed by atoms with E-state index in [4.69, 9.17) is 11.6 Å². The highest BCUT2D eigenvalue weighted by Gasteiger charge is 2.17. The van der Waals surface area contributed by atoms with Crippen LogP contribution in [0.1, 0.15) is 25.3 Å². The first-order chi connectivity index (χ1) is 9.99. The van der Waals surface area contributed by atoms with Crippen LogP contribution in [0.25, 0.3) is 16.7 Å². The van der Waals surface area contributed by atoms with E-state index >= 15 is 0 Å². The van der Waals surface area contributed by atoms with E-state index in [2.05, 4.69) is 15.3 Å². The normalized spacial score (nSPS) is 11.5. The van der Waals surface area contributed by atoms with Gasteiger partial charge in [-0.25, -0.2) is 4.39 Å². The first-order valence-electron chi connectivity index (χ1n) is 6.41. The number of para-hydroxylation sites is 1. The molecule has 7 heteroatoms. The number of benzene rings is 1. The molecule has 0 bridgehead atoms. The summed E-state index contributed by atoms with van der Waals surface area (Å²) < 4.78 is 15.3. The third kappa shape index (κ3) is 2.21. The summed E-state index contributed by atoms with van der Waals surface area (Å²) in [6, 6.07) is 6.00. The predicted octanol–water partition coefficient (Wildman–Crippen LogP) is 3.02. The van der Waals surface area contributed by atoms with Gasteiger partial charge in [0.15, 0.2) is 5.15 Å². The minimum absolute atomic E-state index is 0.0416. The maximum atomic E-state index is 14.2. The number of aromatic nitrogens is 4. The van der Waals surface area contributed by atoms with Crippen LogP contribution >= 0.6 is 11.6 Å². The van der Waals surface area contributed by atoms with E-state index in [1.165, 1.54) is 12.1 Å². The third-order valence-corrected chi connectivity index (χ3v) is 3.52. The summed E-state index contributed by atoms with van der Waals surface area (Å²) >= 11 is 5.91. The quantitative estimate of drug-likeness (QED) is 0.791. The lowest BCUT2D eigenvalue weighted by Crippen LogP contribution is -2.22. The molecule has 108 valence electrons. The first kappa shape index (κ1) is 13.8. The van der Waals surface area contributed by atoms with Gasteiger partial charge in [-0.1, -0.05) is 37.6 Å². The van der Waals surface area contributed by atoms with Crippen molar-refractivity contribution in [2.75, 3.05) is 0 Å². The smallest absolute Gasteiger partial charge is 0.273 e. The molecule has 0 fully saturated rings. The maximum Gasteiger partial charge on any atom is 0.273 e. The highest BCUT2D eigenvalue weighted by molar-refractivity contribution is 6.33. The molecule has 0 atom stereocenters. The minimum atomic E-state index is -0.505. The molecule has 1 N–H and O–H groups in total. The highest BCUT2D eigenvalue weighted by Crippen LogP contribution is 2.25. The molecule has 0 aliphatic heterocycles. The molecule has 0 aliphatic rings. The van der Waals surface area contributed by atoms with Crippen LogP contribution in [0.2, 0.25) is 5.15 Å². The third-order valence-electron chi connectivity index (χ3n) is 3.25. The van der Waals surface area contributed by atoms with Crippen molar-refractivity contribution in [1.82, 2.24) is 20.0 Å². The number of H-pyrrole nitrogens is 1. The van der Waals surface area contributed by atoms with Crippen molar-refractivity contribution < 1.29 is 4.39 Å². The number of halogens is 2. The lowest BCUT2D eigenvalue weighted by Gasteiger charge is -2.14. The number of hydrogen-bond donors (Lipinski definition) is 1. The Bertz CT molecular complexity index is 884. The Morgan fingerprint density at radius 2 is 2.14 bits per heavy atom. The van der Waals surface area contributed by atoms with Gasteiger partial charge in [0.1, 0.15) is 17.0 Å². The topological polar surface area (TPSA) is 63.6 Å². The Hall–Kier alpha value is -2.21. The number of fused-ring (bicyclic) bond motifs is 1. The molecule has 3 rings (SSSR count). The molecule has 0 spiro atoms. The molecule has 0 radical (unpaired) electrons. The summed E-state index contributed by atoms with van der Waals surface area (Å²) in [5.41, 5.74) is 1.15. The zero-order chi connectivity index (χ0) is 15.1. The molecule has 0 amide bonds. The second-order valence-corrected chi connectivity index (χ2v) is 5.36. The molecular weight excluding hydrogens is 295 g/mol. The Kier molecular flexibility index (Phi) is 3.25. The van der Waals surface area contributed by atoms with E-state index in [9.17, 15) is 9.18 Å². The average Bonchev–Trinajstić information content (AvgIpc) is 2.78. The SMILES string of the molecule is CC(C)c1cccc(F)c1-n1nc2c(Cl)n[nH]c2cc1=O. The number of nitrogens with zero attached hydrogens (tertiary/aromatic N) is 3. The second kappa shape index (κ2) is 4.96. The first-order valence-corrected chi connectivity index (χ1v) is 6.79. The van der Waals surface area contributed by atoms with Crippen LogP contribution in [-0.4, -0.2) is 20.0 Å². The number of rotatable bonds is 2. The molecule has 0 saturated heterocycles. The van der Waals surface area contributed by atoms with Crippen molar-refractivity contribution in [3.63, 3.8) is 0 Å². The van der Waals surface area contributed by atoms with Gasteiger partial charge in [0.2, 0.25) is 0 Å². The Labute approximate surface area is 124 Å². The lowest BCUT2D eigenvalue weighted by atomic mass is 10.0. The van der Waals surface area contributed by atoms with Crippen LogP contribution in [0.4, 0.5) is 4.39 Å². The van der Waals surface area contributed by atoms with Crippen molar-refractivity contribution >= 4 is 22.6 Å². The van der Waals surface area contributed by atoms with E-state index in [1.54, 1.807) is 12.1 Å².